The monoisotopic (exact) mass is 398 g/mol. The van der Waals surface area contributed by atoms with Crippen LogP contribution in [0.1, 0.15) is 40.0 Å². The first-order valence-electron chi connectivity index (χ1n) is 9.35. The molecule has 8 heteroatoms. The Hall–Kier alpha value is -1.67. The van der Waals surface area contributed by atoms with Crippen molar-refractivity contribution in [3.8, 4) is 0 Å². The van der Waals surface area contributed by atoms with Gasteiger partial charge in [0.15, 0.2) is 0 Å². The summed E-state index contributed by atoms with van der Waals surface area (Å²) in [4.78, 5) is 24.5. The van der Waals surface area contributed by atoms with Gasteiger partial charge in [0.25, 0.3) is 5.56 Å². The molecule has 7 nitrogen and oxygen atoms in total. The van der Waals surface area contributed by atoms with Crippen molar-refractivity contribution in [3.63, 3.8) is 0 Å². The fourth-order valence-electron chi connectivity index (χ4n) is 3.59. The third-order valence-corrected chi connectivity index (χ3v) is 7.08. The van der Waals surface area contributed by atoms with Crippen LogP contribution in [0, 0.1) is 17.8 Å². The van der Waals surface area contributed by atoms with Crippen molar-refractivity contribution in [2.24, 2.45) is 17.8 Å². The second-order valence-corrected chi connectivity index (χ2v) is 10.1. The SMILES string of the molecule is CC1CCC(C(C)C)C(OC(=O)Cn2cc(S(=O)(=O)N(C)C)ccc2=O)C1. The van der Waals surface area contributed by atoms with E-state index in [1.54, 1.807) is 0 Å². The molecule has 1 aliphatic carbocycles. The Kier molecular flexibility index (Phi) is 6.86. The maximum atomic E-state index is 12.5. The Bertz CT molecular complexity index is 829. The fraction of sp³-hybridized carbons (Fsp3) is 0.684. The molecule has 0 radical (unpaired) electrons. The molecule has 0 bridgehead atoms. The normalized spacial score (nSPS) is 23.6. The molecule has 1 aliphatic rings. The Morgan fingerprint density at radius 2 is 1.96 bits per heavy atom. The first-order valence-corrected chi connectivity index (χ1v) is 10.8. The van der Waals surface area contributed by atoms with Crippen molar-refractivity contribution < 1.29 is 17.9 Å². The number of hydrogen-bond acceptors (Lipinski definition) is 5. The molecule has 152 valence electrons. The molecule has 27 heavy (non-hydrogen) atoms. The minimum absolute atomic E-state index is 0.0359. The van der Waals surface area contributed by atoms with Crippen LogP contribution in [-0.2, 0) is 26.1 Å². The summed E-state index contributed by atoms with van der Waals surface area (Å²) in [6.07, 6.45) is 4.00. The summed E-state index contributed by atoms with van der Waals surface area (Å²) < 4.78 is 32.4. The van der Waals surface area contributed by atoms with Crippen LogP contribution in [0.4, 0.5) is 0 Å². The highest BCUT2D eigenvalue weighted by molar-refractivity contribution is 7.89. The van der Waals surface area contributed by atoms with Crippen molar-refractivity contribution >= 4 is 16.0 Å². The molecule has 3 unspecified atom stereocenters. The molecular formula is C19H30N2O5S. The highest BCUT2D eigenvalue weighted by Crippen LogP contribution is 2.35. The maximum absolute atomic E-state index is 12.5. The average Bonchev–Trinajstić information content (AvgIpc) is 2.56. The largest absolute Gasteiger partial charge is 0.461 e. The van der Waals surface area contributed by atoms with E-state index in [1.807, 2.05) is 0 Å². The minimum Gasteiger partial charge on any atom is -0.461 e. The van der Waals surface area contributed by atoms with Gasteiger partial charge in [-0.1, -0.05) is 27.2 Å². The third-order valence-electron chi connectivity index (χ3n) is 5.28. The number of nitrogens with zero attached hydrogens (tertiary/aromatic N) is 2. The van der Waals surface area contributed by atoms with Crippen molar-refractivity contribution in [1.29, 1.82) is 0 Å². The topological polar surface area (TPSA) is 85.7 Å². The molecular weight excluding hydrogens is 368 g/mol. The smallest absolute Gasteiger partial charge is 0.326 e. The van der Waals surface area contributed by atoms with Crippen LogP contribution in [0.3, 0.4) is 0 Å². The van der Waals surface area contributed by atoms with Crippen LogP contribution >= 0.6 is 0 Å². The zero-order valence-electron chi connectivity index (χ0n) is 16.7. The number of carbonyl (C=O) groups excluding carboxylic acids is 1. The molecule has 1 heterocycles. The van der Waals surface area contributed by atoms with Gasteiger partial charge in [-0.05, 0) is 36.7 Å². The molecule has 0 amide bonds. The predicted octanol–water partition coefficient (Wildman–Crippen LogP) is 2.10. The zero-order valence-corrected chi connectivity index (χ0v) is 17.5. The van der Waals surface area contributed by atoms with Gasteiger partial charge in [-0.2, -0.15) is 0 Å². The van der Waals surface area contributed by atoms with Crippen molar-refractivity contribution in [1.82, 2.24) is 8.87 Å². The lowest BCUT2D eigenvalue weighted by atomic mass is 9.75. The van der Waals surface area contributed by atoms with Gasteiger partial charge in [0.1, 0.15) is 12.6 Å². The summed E-state index contributed by atoms with van der Waals surface area (Å²) in [5.74, 6) is 0.698. The van der Waals surface area contributed by atoms with E-state index < -0.39 is 21.6 Å². The number of ether oxygens (including phenoxy) is 1. The Labute approximate surface area is 161 Å². The first kappa shape index (κ1) is 21.6. The number of esters is 1. The highest BCUT2D eigenvalue weighted by atomic mass is 32.2. The molecule has 2 rings (SSSR count). The predicted molar refractivity (Wildman–Crippen MR) is 103 cm³/mol. The van der Waals surface area contributed by atoms with Crippen molar-refractivity contribution in [3.05, 3.63) is 28.7 Å². The van der Waals surface area contributed by atoms with E-state index in [1.165, 1.54) is 26.4 Å². The van der Waals surface area contributed by atoms with Gasteiger partial charge in [0.2, 0.25) is 10.0 Å². The van der Waals surface area contributed by atoms with Crippen LogP contribution < -0.4 is 5.56 Å². The molecule has 0 aliphatic heterocycles. The molecule has 1 saturated carbocycles. The first-order chi connectivity index (χ1) is 12.5. The number of sulfonamides is 1. The van der Waals surface area contributed by atoms with Crippen LogP contribution in [0.15, 0.2) is 28.0 Å². The highest BCUT2D eigenvalue weighted by Gasteiger charge is 2.33. The van der Waals surface area contributed by atoms with Gasteiger partial charge in [0.05, 0.1) is 4.90 Å². The number of carbonyl (C=O) groups is 1. The second kappa shape index (κ2) is 8.56. The standard InChI is InChI=1S/C19H30N2O5S/c1-13(2)16-8-6-14(3)10-17(16)26-19(23)12-21-11-15(7-9-18(21)22)27(24,25)20(4)5/h7,9,11,13-14,16-17H,6,8,10,12H2,1-5H3. The van der Waals surface area contributed by atoms with E-state index >= 15 is 0 Å². The lowest BCUT2D eigenvalue weighted by Crippen LogP contribution is -2.37. The Morgan fingerprint density at radius 1 is 1.30 bits per heavy atom. The summed E-state index contributed by atoms with van der Waals surface area (Å²) in [7, 11) is -0.861. The van der Waals surface area contributed by atoms with E-state index in [9.17, 15) is 18.0 Å². The number of rotatable bonds is 6. The van der Waals surface area contributed by atoms with E-state index in [0.717, 1.165) is 34.2 Å². The minimum atomic E-state index is -3.68. The van der Waals surface area contributed by atoms with Crippen LogP contribution in [0.2, 0.25) is 0 Å². The zero-order chi connectivity index (χ0) is 20.4. The van der Waals surface area contributed by atoms with Gasteiger partial charge in [-0.15, -0.1) is 0 Å². The lowest BCUT2D eigenvalue weighted by molar-refractivity contribution is -0.156. The van der Waals surface area contributed by atoms with Gasteiger partial charge < -0.3 is 9.30 Å². The van der Waals surface area contributed by atoms with Gasteiger partial charge in [0, 0.05) is 26.4 Å². The second-order valence-electron chi connectivity index (χ2n) is 7.97. The number of pyridine rings is 1. The fourth-order valence-corrected chi connectivity index (χ4v) is 4.51. The van der Waals surface area contributed by atoms with E-state index in [2.05, 4.69) is 20.8 Å². The number of aromatic nitrogens is 1. The average molecular weight is 399 g/mol. The van der Waals surface area contributed by atoms with E-state index in [0.29, 0.717) is 17.8 Å². The molecule has 0 spiro atoms. The molecule has 1 aromatic heterocycles. The summed E-state index contributed by atoms with van der Waals surface area (Å²) in [6, 6.07) is 2.40. The van der Waals surface area contributed by atoms with Gasteiger partial charge in [-0.25, -0.2) is 12.7 Å². The molecule has 3 atom stereocenters. The van der Waals surface area contributed by atoms with Gasteiger partial charge >= 0.3 is 5.97 Å². The molecule has 1 fully saturated rings. The molecule has 1 aromatic rings. The van der Waals surface area contributed by atoms with Crippen LogP contribution in [-0.4, -0.2) is 43.5 Å². The summed E-state index contributed by atoms with van der Waals surface area (Å²) in [5, 5.41) is 0. The van der Waals surface area contributed by atoms with Crippen LogP contribution in [0.25, 0.3) is 0 Å². The third kappa shape index (κ3) is 5.19. The number of hydrogen-bond donors (Lipinski definition) is 0. The quantitative estimate of drug-likeness (QED) is 0.685. The summed E-state index contributed by atoms with van der Waals surface area (Å²) in [5.41, 5.74) is -0.443. The molecule has 0 aromatic carbocycles. The van der Waals surface area contributed by atoms with Crippen molar-refractivity contribution in [2.75, 3.05) is 14.1 Å². The Morgan fingerprint density at radius 3 is 2.56 bits per heavy atom. The van der Waals surface area contributed by atoms with Crippen molar-refractivity contribution in [2.45, 2.75) is 57.6 Å². The van der Waals surface area contributed by atoms with Gasteiger partial charge in [-0.3, -0.25) is 9.59 Å². The summed E-state index contributed by atoms with van der Waals surface area (Å²) >= 11 is 0. The van der Waals surface area contributed by atoms with E-state index in [4.69, 9.17) is 4.74 Å². The van der Waals surface area contributed by atoms with Crippen LogP contribution in [0.5, 0.6) is 0 Å². The lowest BCUT2D eigenvalue weighted by Gasteiger charge is -2.36. The molecule has 0 saturated heterocycles. The Balaban J connectivity index is 2.16. The van der Waals surface area contributed by atoms with E-state index in [-0.39, 0.29) is 17.5 Å². The summed E-state index contributed by atoms with van der Waals surface area (Å²) in [6.45, 7) is 6.10. The molecule has 0 N–H and O–H groups in total. The maximum Gasteiger partial charge on any atom is 0.326 e.